The number of rotatable bonds is 6. The Morgan fingerprint density at radius 3 is 2.16 bits per heavy atom. The van der Waals surface area contributed by atoms with Crippen LogP contribution < -0.4 is 5.73 Å². The highest BCUT2D eigenvalue weighted by atomic mass is 19.4. The number of carbonyl (C=O) groups is 2. The van der Waals surface area contributed by atoms with Gasteiger partial charge in [0.2, 0.25) is 12.2 Å². The summed E-state index contributed by atoms with van der Waals surface area (Å²) in [6.45, 7) is 2.17. The van der Waals surface area contributed by atoms with Crippen LogP contribution in [-0.2, 0) is 29.0 Å². The summed E-state index contributed by atoms with van der Waals surface area (Å²) in [5.74, 6) is 0.594. The molecule has 1 aliphatic heterocycles. The van der Waals surface area contributed by atoms with E-state index >= 15 is 0 Å². The Kier molecular flexibility index (Phi) is 9.84. The van der Waals surface area contributed by atoms with Gasteiger partial charge in [0.25, 0.3) is 0 Å². The number of alkyl halides is 3. The van der Waals surface area contributed by atoms with Crippen LogP contribution in [0, 0.1) is 11.7 Å². The first kappa shape index (κ1) is 25.5. The van der Waals surface area contributed by atoms with Crippen LogP contribution in [0.25, 0.3) is 0 Å². The Balaban J connectivity index is 0.000000534. The zero-order valence-electron chi connectivity index (χ0n) is 17.8. The maximum atomic E-state index is 13.3. The SMILES string of the molecule is NCc1ccc(CCC(=O)N2CCC(Cc3cccc(F)c3)CC2)cc1.O=CC(F)(F)F. The molecule has 1 saturated heterocycles. The summed E-state index contributed by atoms with van der Waals surface area (Å²) in [5.41, 5.74) is 8.95. The highest BCUT2D eigenvalue weighted by molar-refractivity contribution is 5.76. The lowest BCUT2D eigenvalue weighted by atomic mass is 9.90. The van der Waals surface area contributed by atoms with Crippen molar-refractivity contribution < 1.29 is 27.2 Å². The molecule has 0 atom stereocenters. The Morgan fingerprint density at radius 1 is 1.03 bits per heavy atom. The second-order valence-electron chi connectivity index (χ2n) is 7.84. The molecule has 174 valence electrons. The summed E-state index contributed by atoms with van der Waals surface area (Å²) in [6, 6.07) is 15.0. The molecule has 0 spiro atoms. The van der Waals surface area contributed by atoms with Gasteiger partial charge in [-0.05, 0) is 60.4 Å². The first-order valence-electron chi connectivity index (χ1n) is 10.5. The molecule has 8 heteroatoms. The molecule has 2 aromatic rings. The summed E-state index contributed by atoms with van der Waals surface area (Å²) in [4.78, 5) is 23.1. The fourth-order valence-electron chi connectivity index (χ4n) is 3.64. The van der Waals surface area contributed by atoms with Gasteiger partial charge < -0.3 is 10.6 Å². The van der Waals surface area contributed by atoms with Gasteiger partial charge in [-0.3, -0.25) is 9.59 Å². The van der Waals surface area contributed by atoms with E-state index in [9.17, 15) is 22.4 Å². The molecule has 1 heterocycles. The van der Waals surface area contributed by atoms with Crippen molar-refractivity contribution >= 4 is 12.2 Å². The van der Waals surface area contributed by atoms with Crippen LogP contribution in [0.2, 0.25) is 0 Å². The van der Waals surface area contributed by atoms with E-state index in [1.807, 2.05) is 23.1 Å². The van der Waals surface area contributed by atoms with Crippen molar-refractivity contribution in [3.8, 4) is 0 Å². The number of nitrogens with zero attached hydrogens (tertiary/aromatic N) is 1. The predicted molar refractivity (Wildman–Crippen MR) is 114 cm³/mol. The molecule has 0 radical (unpaired) electrons. The zero-order valence-corrected chi connectivity index (χ0v) is 17.8. The van der Waals surface area contributed by atoms with Gasteiger partial charge >= 0.3 is 6.18 Å². The van der Waals surface area contributed by atoms with Crippen LogP contribution in [0.1, 0.15) is 36.0 Å². The molecule has 2 aromatic carbocycles. The molecule has 4 nitrogen and oxygen atoms in total. The first-order valence-corrected chi connectivity index (χ1v) is 10.5. The maximum Gasteiger partial charge on any atom is 0.446 e. The van der Waals surface area contributed by atoms with E-state index in [1.165, 1.54) is 11.6 Å². The fraction of sp³-hybridized carbons (Fsp3) is 0.417. The topological polar surface area (TPSA) is 63.4 Å². The third-order valence-electron chi connectivity index (χ3n) is 5.40. The molecule has 0 aromatic heterocycles. The lowest BCUT2D eigenvalue weighted by Crippen LogP contribution is -2.39. The minimum atomic E-state index is -4.64. The Labute approximate surface area is 185 Å². The van der Waals surface area contributed by atoms with Crippen LogP contribution >= 0.6 is 0 Å². The van der Waals surface area contributed by atoms with Crippen LogP contribution in [0.3, 0.4) is 0 Å². The quantitative estimate of drug-likeness (QED) is 0.521. The molecule has 32 heavy (non-hydrogen) atoms. The third-order valence-corrected chi connectivity index (χ3v) is 5.40. The lowest BCUT2D eigenvalue weighted by molar-refractivity contribution is -0.156. The number of amides is 1. The Hall–Kier alpha value is -2.74. The van der Waals surface area contributed by atoms with E-state index in [2.05, 4.69) is 12.1 Å². The van der Waals surface area contributed by atoms with Gasteiger partial charge in [0.05, 0.1) is 0 Å². The van der Waals surface area contributed by atoms with Gasteiger partial charge in [-0.1, -0.05) is 36.4 Å². The van der Waals surface area contributed by atoms with E-state index in [1.54, 1.807) is 12.1 Å². The van der Waals surface area contributed by atoms with Crippen LogP contribution in [-0.4, -0.2) is 36.4 Å². The minimum absolute atomic E-state index is 0.172. The number of likely N-dealkylation sites (tertiary alicyclic amines) is 1. The molecule has 0 unspecified atom stereocenters. The van der Waals surface area contributed by atoms with Gasteiger partial charge in [0.1, 0.15) is 5.82 Å². The van der Waals surface area contributed by atoms with Crippen molar-refractivity contribution in [1.82, 2.24) is 4.90 Å². The molecule has 1 aliphatic rings. The molecule has 2 N–H and O–H groups in total. The Morgan fingerprint density at radius 2 is 1.62 bits per heavy atom. The van der Waals surface area contributed by atoms with Crippen LogP contribution in [0.5, 0.6) is 0 Å². The van der Waals surface area contributed by atoms with E-state index in [0.717, 1.165) is 49.9 Å². The van der Waals surface area contributed by atoms with E-state index in [-0.39, 0.29) is 11.7 Å². The average molecular weight is 452 g/mol. The third kappa shape index (κ3) is 9.18. The predicted octanol–water partition coefficient (Wildman–Crippen LogP) is 4.45. The summed E-state index contributed by atoms with van der Waals surface area (Å²) in [7, 11) is 0. The van der Waals surface area contributed by atoms with Crippen molar-refractivity contribution in [3.05, 3.63) is 71.0 Å². The summed E-state index contributed by atoms with van der Waals surface area (Å²) >= 11 is 0. The average Bonchev–Trinajstić information content (AvgIpc) is 2.78. The molecule has 0 saturated carbocycles. The molecule has 3 rings (SSSR count). The number of halogens is 4. The summed E-state index contributed by atoms with van der Waals surface area (Å²) in [5, 5.41) is 0. The highest BCUT2D eigenvalue weighted by Crippen LogP contribution is 2.23. The number of benzene rings is 2. The molecule has 1 fully saturated rings. The monoisotopic (exact) mass is 452 g/mol. The van der Waals surface area contributed by atoms with Gasteiger partial charge in [0.15, 0.2) is 0 Å². The van der Waals surface area contributed by atoms with Crippen molar-refractivity contribution in [2.45, 2.75) is 44.8 Å². The fourth-order valence-corrected chi connectivity index (χ4v) is 3.64. The zero-order chi connectivity index (χ0) is 23.6. The molecule has 0 bridgehead atoms. The second-order valence-corrected chi connectivity index (χ2v) is 7.84. The second kappa shape index (κ2) is 12.3. The number of aryl methyl sites for hydroxylation is 1. The first-order chi connectivity index (χ1) is 15.2. The smallest absolute Gasteiger partial charge is 0.343 e. The maximum absolute atomic E-state index is 13.3. The summed E-state index contributed by atoms with van der Waals surface area (Å²) in [6.07, 6.45) is -1.50. The number of hydrogen-bond donors (Lipinski definition) is 1. The van der Waals surface area contributed by atoms with Crippen LogP contribution in [0.15, 0.2) is 48.5 Å². The van der Waals surface area contributed by atoms with Crippen molar-refractivity contribution in [1.29, 1.82) is 0 Å². The standard InChI is InChI=1S/C22H27FN2O.C2HF3O/c23-21-3-1-2-20(15-21)14-18-10-12-25(13-11-18)22(26)9-8-17-4-6-19(16-24)7-5-17;3-2(4,5)1-6/h1-7,15,18H,8-14,16,24H2;1H. The molecular formula is C24H28F4N2O2. The summed E-state index contributed by atoms with van der Waals surface area (Å²) < 4.78 is 44.5. The van der Waals surface area contributed by atoms with Crippen LogP contribution in [0.4, 0.5) is 17.6 Å². The number of hydrogen-bond acceptors (Lipinski definition) is 3. The largest absolute Gasteiger partial charge is 0.446 e. The number of piperidine rings is 1. The number of carbonyl (C=O) groups excluding carboxylic acids is 2. The highest BCUT2D eigenvalue weighted by Gasteiger charge is 2.25. The lowest BCUT2D eigenvalue weighted by Gasteiger charge is -2.32. The van der Waals surface area contributed by atoms with Gasteiger partial charge in [-0.15, -0.1) is 0 Å². The van der Waals surface area contributed by atoms with E-state index < -0.39 is 12.5 Å². The van der Waals surface area contributed by atoms with Gasteiger partial charge in [-0.25, -0.2) is 4.39 Å². The minimum Gasteiger partial charge on any atom is -0.343 e. The molecule has 0 aliphatic carbocycles. The normalized spacial score (nSPS) is 14.5. The number of nitrogens with two attached hydrogens (primary N) is 1. The van der Waals surface area contributed by atoms with E-state index in [0.29, 0.717) is 18.9 Å². The Bertz CT molecular complexity index is 861. The van der Waals surface area contributed by atoms with E-state index in [4.69, 9.17) is 10.5 Å². The molecule has 1 amide bonds. The number of aldehydes is 1. The van der Waals surface area contributed by atoms with Crippen molar-refractivity contribution in [3.63, 3.8) is 0 Å². The van der Waals surface area contributed by atoms with Gasteiger partial charge in [0, 0.05) is 26.1 Å². The molecular weight excluding hydrogens is 424 g/mol. The van der Waals surface area contributed by atoms with Crippen molar-refractivity contribution in [2.24, 2.45) is 11.7 Å². The van der Waals surface area contributed by atoms with Crippen molar-refractivity contribution in [2.75, 3.05) is 13.1 Å². The van der Waals surface area contributed by atoms with Gasteiger partial charge in [-0.2, -0.15) is 13.2 Å².